The van der Waals surface area contributed by atoms with E-state index in [0.29, 0.717) is 36.1 Å². The minimum absolute atomic E-state index is 0.223. The summed E-state index contributed by atoms with van der Waals surface area (Å²) in [4.78, 5) is 26.2. The molecule has 1 aromatic heterocycles. The topological polar surface area (TPSA) is 95.7 Å². The Morgan fingerprint density at radius 2 is 2.12 bits per heavy atom. The zero-order valence-electron chi connectivity index (χ0n) is 14.4. The summed E-state index contributed by atoms with van der Waals surface area (Å²) in [6.07, 6.45) is 3.75. The number of hydrogen-bond acceptors (Lipinski definition) is 6. The van der Waals surface area contributed by atoms with Crippen LogP contribution in [0.2, 0.25) is 0 Å². The fraction of sp³-hybridized carbons (Fsp3) is 0.526. The summed E-state index contributed by atoms with van der Waals surface area (Å²) in [6, 6.07) is 4.48. The molecule has 1 saturated heterocycles. The number of rotatable bonds is 3. The van der Waals surface area contributed by atoms with Gasteiger partial charge in [-0.15, -0.1) is 0 Å². The van der Waals surface area contributed by atoms with E-state index in [1.165, 1.54) is 11.3 Å². The highest BCUT2D eigenvalue weighted by atomic mass is 16.5. The van der Waals surface area contributed by atoms with Crippen LogP contribution in [0.25, 0.3) is 11.0 Å². The molecule has 1 aliphatic carbocycles. The van der Waals surface area contributed by atoms with E-state index in [9.17, 15) is 14.7 Å². The van der Waals surface area contributed by atoms with Gasteiger partial charge in [0.05, 0.1) is 11.3 Å². The number of fused-ring (bicyclic) bond motifs is 3. The Morgan fingerprint density at radius 3 is 2.88 bits per heavy atom. The third-order valence-electron chi connectivity index (χ3n) is 6.14. The highest BCUT2D eigenvalue weighted by Crippen LogP contribution is 2.43. The average molecular weight is 355 g/mol. The highest BCUT2D eigenvalue weighted by Gasteiger charge is 2.38. The molecule has 3 aliphatic rings. The van der Waals surface area contributed by atoms with Gasteiger partial charge >= 0.3 is 0 Å². The molecule has 0 radical (unpaired) electrons. The summed E-state index contributed by atoms with van der Waals surface area (Å²) < 4.78 is 5.51. The van der Waals surface area contributed by atoms with E-state index < -0.39 is 5.92 Å². The van der Waals surface area contributed by atoms with E-state index in [0.717, 1.165) is 31.2 Å². The van der Waals surface area contributed by atoms with Crippen molar-refractivity contribution in [3.05, 3.63) is 23.4 Å². The van der Waals surface area contributed by atoms with Gasteiger partial charge < -0.3 is 14.5 Å². The van der Waals surface area contributed by atoms with Crippen LogP contribution in [0.3, 0.4) is 0 Å². The Labute approximate surface area is 150 Å². The molecule has 0 bridgehead atoms. The van der Waals surface area contributed by atoms with Gasteiger partial charge in [-0.05, 0) is 49.3 Å². The van der Waals surface area contributed by atoms with E-state index in [1.807, 2.05) is 6.07 Å². The van der Waals surface area contributed by atoms with Crippen molar-refractivity contribution >= 4 is 28.5 Å². The molecule has 2 N–H and O–H groups in total. The van der Waals surface area contributed by atoms with E-state index >= 15 is 0 Å². The van der Waals surface area contributed by atoms with E-state index in [4.69, 9.17) is 4.52 Å². The van der Waals surface area contributed by atoms with Crippen molar-refractivity contribution in [2.45, 2.75) is 44.1 Å². The van der Waals surface area contributed by atoms with Crippen LogP contribution in [0.5, 0.6) is 0 Å². The second-order valence-corrected chi connectivity index (χ2v) is 7.63. The van der Waals surface area contributed by atoms with Crippen molar-refractivity contribution in [3.8, 4) is 0 Å². The van der Waals surface area contributed by atoms with Gasteiger partial charge in [0.1, 0.15) is 5.69 Å². The van der Waals surface area contributed by atoms with Crippen LogP contribution in [0, 0.1) is 5.92 Å². The zero-order valence-corrected chi connectivity index (χ0v) is 14.4. The molecular weight excluding hydrogens is 334 g/mol. The second-order valence-electron chi connectivity index (χ2n) is 7.63. The van der Waals surface area contributed by atoms with Crippen molar-refractivity contribution < 1.29 is 19.2 Å². The summed E-state index contributed by atoms with van der Waals surface area (Å²) >= 11 is 0. The first kappa shape index (κ1) is 15.8. The first-order valence-electron chi connectivity index (χ1n) is 9.28. The minimum atomic E-state index is -0.433. The van der Waals surface area contributed by atoms with Gasteiger partial charge in [-0.2, -0.15) is 0 Å². The van der Waals surface area contributed by atoms with Gasteiger partial charge in [-0.25, -0.2) is 0 Å². The maximum Gasteiger partial charge on any atom is 0.235 e. The summed E-state index contributed by atoms with van der Waals surface area (Å²) in [5.41, 5.74) is 3.74. The fourth-order valence-corrected chi connectivity index (χ4v) is 4.67. The molecule has 2 fully saturated rings. The zero-order chi connectivity index (χ0) is 17.8. The second kappa shape index (κ2) is 5.81. The maximum absolute atomic E-state index is 12.3. The normalized spacial score (nSPS) is 28.2. The van der Waals surface area contributed by atoms with E-state index in [-0.39, 0.29) is 18.4 Å². The molecule has 3 heterocycles. The first-order chi connectivity index (χ1) is 12.7. The highest BCUT2D eigenvalue weighted by molar-refractivity contribution is 6.03. The predicted molar refractivity (Wildman–Crippen MR) is 93.8 cm³/mol. The molecule has 2 aromatic rings. The van der Waals surface area contributed by atoms with Gasteiger partial charge in [-0.1, -0.05) is 5.16 Å². The Balaban J connectivity index is 1.52. The van der Waals surface area contributed by atoms with Crippen molar-refractivity contribution in [2.24, 2.45) is 5.92 Å². The molecule has 1 atom stereocenters. The van der Waals surface area contributed by atoms with Gasteiger partial charge in [0, 0.05) is 31.3 Å². The number of hydrogen-bond donors (Lipinski definition) is 2. The molecule has 26 heavy (non-hydrogen) atoms. The lowest BCUT2D eigenvalue weighted by Gasteiger charge is -2.42. The van der Waals surface area contributed by atoms with Crippen LogP contribution >= 0.6 is 0 Å². The molecule has 1 aromatic carbocycles. The molecule has 0 spiro atoms. The number of carbonyl (C=O) groups excluding carboxylic acids is 2. The van der Waals surface area contributed by atoms with Gasteiger partial charge in [0.15, 0.2) is 5.58 Å². The molecular formula is C19H21N3O4. The SMILES string of the molecule is O=C1CCC(c2noc3ccc4c(c23)CCN4C2CC(CO)C2)C(=O)N1. The number of aromatic nitrogens is 1. The number of anilines is 1. The summed E-state index contributed by atoms with van der Waals surface area (Å²) in [7, 11) is 0. The number of amides is 2. The number of nitrogens with zero attached hydrogens (tertiary/aromatic N) is 2. The van der Waals surface area contributed by atoms with E-state index in [2.05, 4.69) is 21.4 Å². The van der Waals surface area contributed by atoms with Crippen LogP contribution in [0.1, 0.15) is 42.9 Å². The Morgan fingerprint density at radius 1 is 1.27 bits per heavy atom. The van der Waals surface area contributed by atoms with Crippen LogP contribution in [0.4, 0.5) is 5.69 Å². The number of carbonyl (C=O) groups is 2. The number of aliphatic hydroxyl groups is 1. The Hall–Kier alpha value is -2.41. The average Bonchev–Trinajstić information content (AvgIpc) is 3.18. The van der Waals surface area contributed by atoms with Crippen molar-refractivity contribution in [1.29, 1.82) is 0 Å². The number of piperidine rings is 1. The number of benzene rings is 1. The van der Waals surface area contributed by atoms with Crippen molar-refractivity contribution in [3.63, 3.8) is 0 Å². The molecule has 1 saturated carbocycles. The van der Waals surface area contributed by atoms with Crippen LogP contribution in [-0.4, -0.2) is 41.3 Å². The standard InChI is InChI=1S/C19H21N3O4/c23-9-10-7-11(8-10)22-6-5-12-14(22)2-3-15-17(12)18(21-26-15)13-1-4-16(24)20-19(13)25/h2-3,10-11,13,23H,1,4-9H2,(H,20,24,25). The molecule has 5 rings (SSSR count). The summed E-state index contributed by atoms with van der Waals surface area (Å²) in [5.74, 6) is -0.521. The third kappa shape index (κ3) is 2.26. The monoisotopic (exact) mass is 355 g/mol. The first-order valence-corrected chi connectivity index (χ1v) is 9.28. The fourth-order valence-electron chi connectivity index (χ4n) is 4.67. The van der Waals surface area contributed by atoms with Gasteiger partial charge in [0.25, 0.3) is 0 Å². The van der Waals surface area contributed by atoms with E-state index in [1.54, 1.807) is 0 Å². The van der Waals surface area contributed by atoms with Crippen LogP contribution < -0.4 is 10.2 Å². The quantitative estimate of drug-likeness (QED) is 0.810. The minimum Gasteiger partial charge on any atom is -0.396 e. The molecule has 136 valence electrons. The van der Waals surface area contributed by atoms with Gasteiger partial charge in [0.2, 0.25) is 11.8 Å². The number of nitrogens with one attached hydrogen (secondary N) is 1. The molecule has 7 heteroatoms. The largest absolute Gasteiger partial charge is 0.396 e. The molecule has 7 nitrogen and oxygen atoms in total. The molecule has 2 aliphatic heterocycles. The molecule has 1 unspecified atom stereocenters. The third-order valence-corrected chi connectivity index (χ3v) is 6.14. The van der Waals surface area contributed by atoms with Crippen molar-refractivity contribution in [2.75, 3.05) is 18.1 Å². The smallest absolute Gasteiger partial charge is 0.235 e. The number of imide groups is 1. The Kier molecular flexibility index (Phi) is 3.53. The summed E-state index contributed by atoms with van der Waals surface area (Å²) in [5, 5.41) is 16.8. The summed E-state index contributed by atoms with van der Waals surface area (Å²) in [6.45, 7) is 1.21. The predicted octanol–water partition coefficient (Wildman–Crippen LogP) is 1.48. The lowest BCUT2D eigenvalue weighted by atomic mass is 9.80. The number of aliphatic hydroxyl groups excluding tert-OH is 1. The lowest BCUT2D eigenvalue weighted by Crippen LogP contribution is -2.45. The lowest BCUT2D eigenvalue weighted by molar-refractivity contribution is -0.134. The van der Waals surface area contributed by atoms with Crippen LogP contribution in [0.15, 0.2) is 16.7 Å². The Bertz CT molecular complexity index is 900. The van der Waals surface area contributed by atoms with Gasteiger partial charge in [-0.3, -0.25) is 14.9 Å². The maximum atomic E-state index is 12.3. The van der Waals surface area contributed by atoms with Crippen molar-refractivity contribution in [1.82, 2.24) is 10.5 Å². The molecule has 2 amide bonds. The van der Waals surface area contributed by atoms with Crippen LogP contribution in [-0.2, 0) is 16.0 Å².